The molecule has 1 heterocycles. The molecule has 2 aromatic rings. The molecule has 0 saturated heterocycles. The molecular weight excluding hydrogens is 239 g/mol. The first-order chi connectivity index (χ1) is 5.97. The van der Waals surface area contributed by atoms with E-state index >= 15 is 0 Å². The molecule has 1 radical (unpaired) electrons. The number of rotatable bonds is 1. The topological polar surface area (TPSA) is 38.7 Å². The predicted octanol–water partition coefficient (Wildman–Crippen LogP) is 1.14. The summed E-state index contributed by atoms with van der Waals surface area (Å²) in [6, 6.07) is 13.4. The zero-order valence-corrected chi connectivity index (χ0v) is 9.64. The van der Waals surface area contributed by atoms with E-state index in [4.69, 9.17) is 0 Å². The molecule has 0 aliphatic rings. The first kappa shape index (κ1) is 10.4. The van der Waals surface area contributed by atoms with Crippen LogP contribution < -0.4 is 0 Å². The molecule has 0 saturated carbocycles. The Morgan fingerprint density at radius 3 is 2.69 bits per heavy atom. The molecule has 0 amide bonds. The summed E-state index contributed by atoms with van der Waals surface area (Å²) in [5.74, 6) is 0. The van der Waals surface area contributed by atoms with Gasteiger partial charge in [-0.1, -0.05) is 5.21 Å². The summed E-state index contributed by atoms with van der Waals surface area (Å²) in [5.41, 5.74) is 1.55. The van der Waals surface area contributed by atoms with Crippen molar-refractivity contribution in [2.45, 2.75) is 0 Å². The molecule has 13 heavy (non-hydrogen) atoms. The van der Waals surface area contributed by atoms with Crippen LogP contribution in [0.1, 0.15) is 0 Å². The second-order valence-corrected chi connectivity index (χ2v) is 2.20. The van der Waals surface area contributed by atoms with Crippen LogP contribution in [0.2, 0.25) is 0 Å². The van der Waals surface area contributed by atoms with E-state index in [2.05, 4.69) is 27.5 Å². The van der Waals surface area contributed by atoms with Crippen LogP contribution in [0.5, 0.6) is 0 Å². The summed E-state index contributed by atoms with van der Waals surface area (Å²) in [6.07, 6.45) is 1.49. The van der Waals surface area contributed by atoms with Crippen LogP contribution in [-0.2, 0) is 32.7 Å². The summed E-state index contributed by atoms with van der Waals surface area (Å²) in [6.45, 7) is 0. The van der Waals surface area contributed by atoms with Crippen molar-refractivity contribution in [2.75, 3.05) is 0 Å². The molecule has 0 spiro atoms. The van der Waals surface area contributed by atoms with Gasteiger partial charge in [0.05, 0.1) is 0 Å². The normalized spacial score (nSPS) is 8.92. The average molecular weight is 244 g/mol. The Balaban J connectivity index is 0.000000845. The van der Waals surface area contributed by atoms with Crippen LogP contribution in [0.3, 0.4) is 0 Å². The molecule has 4 heteroatoms. The van der Waals surface area contributed by atoms with Gasteiger partial charge in [-0.3, -0.25) is 11.6 Å². The van der Waals surface area contributed by atoms with Gasteiger partial charge in [0.15, 0.2) is 0 Å². The second kappa shape index (κ2) is 5.15. The Morgan fingerprint density at radius 1 is 1.15 bits per heavy atom. The smallest absolute Gasteiger partial charge is 0 e. The largest absolute Gasteiger partial charge is 0.278 e. The van der Waals surface area contributed by atoms with E-state index < -0.39 is 0 Å². The number of hydrogen-bond donors (Lipinski definition) is 0. The molecule has 0 fully saturated rings. The van der Waals surface area contributed by atoms with Gasteiger partial charge in [-0.15, -0.1) is 6.07 Å². The quantitative estimate of drug-likeness (QED) is 0.706. The van der Waals surface area contributed by atoms with Gasteiger partial charge in [0.25, 0.3) is 0 Å². The Hall–Kier alpha value is -0.666. The maximum atomic E-state index is 3.80. The molecular formula is C9H5N3Y-2. The first-order valence-electron chi connectivity index (χ1n) is 3.50. The fraction of sp³-hybridized carbons (Fsp3) is 0. The van der Waals surface area contributed by atoms with E-state index in [1.807, 2.05) is 24.3 Å². The third kappa shape index (κ3) is 2.64. The summed E-state index contributed by atoms with van der Waals surface area (Å²) >= 11 is 0. The first-order valence-corrected chi connectivity index (χ1v) is 3.50. The fourth-order valence-electron chi connectivity index (χ4n) is 0.887. The van der Waals surface area contributed by atoms with E-state index in [9.17, 15) is 0 Å². The fourth-order valence-corrected chi connectivity index (χ4v) is 0.887. The van der Waals surface area contributed by atoms with Crippen LogP contribution in [-0.4, -0.2) is 15.4 Å². The van der Waals surface area contributed by atoms with Crippen LogP contribution in [0.4, 0.5) is 0 Å². The van der Waals surface area contributed by atoms with Gasteiger partial charge in [-0.2, -0.15) is 22.9 Å². The van der Waals surface area contributed by atoms with E-state index in [1.165, 1.54) is 6.20 Å². The molecule has 0 aliphatic heterocycles. The van der Waals surface area contributed by atoms with E-state index in [0.29, 0.717) is 5.69 Å². The van der Waals surface area contributed by atoms with Gasteiger partial charge in [-0.25, -0.2) is 17.2 Å². The average Bonchev–Trinajstić information content (AvgIpc) is 2.21. The van der Waals surface area contributed by atoms with E-state index in [1.54, 1.807) is 0 Å². The monoisotopic (exact) mass is 244 g/mol. The van der Waals surface area contributed by atoms with E-state index in [-0.39, 0.29) is 32.7 Å². The summed E-state index contributed by atoms with van der Waals surface area (Å²) < 4.78 is 0. The number of hydrogen-bond acceptors (Lipinski definition) is 3. The van der Waals surface area contributed by atoms with Gasteiger partial charge >= 0.3 is 0 Å². The molecule has 1 aromatic heterocycles. The SMILES string of the molecule is [Y].[c-]1ccccc1-c1[c-]cnnn1. The van der Waals surface area contributed by atoms with Crippen molar-refractivity contribution < 1.29 is 32.7 Å². The molecule has 0 N–H and O–H groups in total. The Labute approximate surface area is 101 Å². The number of nitrogens with zero attached hydrogens (tertiary/aromatic N) is 3. The van der Waals surface area contributed by atoms with Gasteiger partial charge in [-0.05, 0) is 6.20 Å². The standard InChI is InChI=1S/C9H5N3.Y/c1-2-4-8(5-3-1)9-6-7-10-12-11-9;/h1-4,7H;/q-2;. The van der Waals surface area contributed by atoms with Crippen LogP contribution in [0.15, 0.2) is 30.5 Å². The predicted molar refractivity (Wildman–Crippen MR) is 42.9 cm³/mol. The van der Waals surface area contributed by atoms with Crippen LogP contribution in [0, 0.1) is 12.1 Å². The minimum atomic E-state index is 0. The third-order valence-corrected chi connectivity index (χ3v) is 1.42. The summed E-state index contributed by atoms with van der Waals surface area (Å²) in [5, 5.41) is 10.9. The molecule has 0 bridgehead atoms. The van der Waals surface area contributed by atoms with Crippen molar-refractivity contribution in [3.8, 4) is 11.3 Å². The van der Waals surface area contributed by atoms with Crippen molar-refractivity contribution in [3.05, 3.63) is 42.6 Å². The van der Waals surface area contributed by atoms with Crippen molar-refractivity contribution in [2.24, 2.45) is 0 Å². The van der Waals surface area contributed by atoms with Gasteiger partial charge < -0.3 is 0 Å². The Kier molecular flexibility index (Phi) is 4.12. The molecule has 61 valence electrons. The minimum absolute atomic E-state index is 0. The maximum Gasteiger partial charge on any atom is 0 e. The maximum absolute atomic E-state index is 3.80. The van der Waals surface area contributed by atoms with Gasteiger partial charge in [0.1, 0.15) is 0 Å². The van der Waals surface area contributed by atoms with Crippen LogP contribution in [0.25, 0.3) is 11.3 Å². The molecule has 0 unspecified atom stereocenters. The third-order valence-electron chi connectivity index (χ3n) is 1.42. The Bertz CT molecular complexity index is 312. The van der Waals surface area contributed by atoms with Crippen molar-refractivity contribution in [1.29, 1.82) is 0 Å². The number of benzene rings is 1. The molecule has 0 atom stereocenters. The second-order valence-electron chi connectivity index (χ2n) is 2.20. The van der Waals surface area contributed by atoms with Crippen molar-refractivity contribution in [1.82, 2.24) is 15.4 Å². The molecule has 0 aliphatic carbocycles. The van der Waals surface area contributed by atoms with Crippen molar-refractivity contribution in [3.63, 3.8) is 0 Å². The number of aromatic nitrogens is 3. The van der Waals surface area contributed by atoms with Crippen molar-refractivity contribution >= 4 is 0 Å². The molecule has 1 aromatic carbocycles. The zero-order valence-electron chi connectivity index (χ0n) is 6.81. The summed E-state index contributed by atoms with van der Waals surface area (Å²) in [4.78, 5) is 0. The minimum Gasteiger partial charge on any atom is -0.278 e. The van der Waals surface area contributed by atoms with Gasteiger partial charge in [0, 0.05) is 32.7 Å². The molecule has 3 nitrogen and oxygen atoms in total. The Morgan fingerprint density at radius 2 is 2.08 bits per heavy atom. The molecule has 2 rings (SSSR count). The van der Waals surface area contributed by atoms with Crippen LogP contribution >= 0.6 is 0 Å². The van der Waals surface area contributed by atoms with Gasteiger partial charge in [0.2, 0.25) is 0 Å². The summed E-state index contributed by atoms with van der Waals surface area (Å²) in [7, 11) is 0. The zero-order chi connectivity index (χ0) is 8.23. The van der Waals surface area contributed by atoms with E-state index in [0.717, 1.165) is 5.56 Å².